The van der Waals surface area contributed by atoms with Crippen LogP contribution in [-0.4, -0.2) is 30.0 Å². The second kappa shape index (κ2) is 10.1. The van der Waals surface area contributed by atoms with Crippen molar-refractivity contribution in [3.05, 3.63) is 107 Å². The molecular formula is C31H22F2N6O2. The molecule has 0 unspecified atom stereocenters. The van der Waals surface area contributed by atoms with Gasteiger partial charge in [0.1, 0.15) is 17.3 Å². The second-order valence-corrected chi connectivity index (χ2v) is 10.3. The van der Waals surface area contributed by atoms with Crippen molar-refractivity contribution in [3.63, 3.8) is 0 Å². The van der Waals surface area contributed by atoms with E-state index in [2.05, 4.69) is 21.8 Å². The number of rotatable bonds is 2. The van der Waals surface area contributed by atoms with E-state index in [0.717, 1.165) is 12.8 Å². The molecule has 3 aliphatic rings. The Morgan fingerprint density at radius 3 is 2.12 bits per heavy atom. The standard InChI is InChI=1S/C18H14FN3O.C13H8FN3O/c19-15-7-13(9-20)3-4-14(15)16-8-18(23,6-5-12-1-2-12)17-10-21-11-22(16)17;14-10-3-8(5-15)1-2-9(10)11-4-13(18)12-6-16-7-17(11)12/h3-4,7,10-12,16,23H,1-2,8H2;1-3,6-7,11H,4H2/t16-,18-;11-/m11/s1. The van der Waals surface area contributed by atoms with E-state index in [1.165, 1.54) is 24.7 Å². The van der Waals surface area contributed by atoms with Gasteiger partial charge in [0.2, 0.25) is 0 Å². The number of hydrogen-bond donors (Lipinski definition) is 1. The highest BCUT2D eigenvalue weighted by Gasteiger charge is 2.43. The number of nitriles is 2. The molecule has 0 radical (unpaired) electrons. The Balaban J connectivity index is 0.000000152. The molecule has 2 aromatic heterocycles. The van der Waals surface area contributed by atoms with Crippen LogP contribution in [0, 0.1) is 52.1 Å². The average Bonchev–Trinajstić information content (AvgIpc) is 3.29. The van der Waals surface area contributed by atoms with Gasteiger partial charge in [-0.25, -0.2) is 18.7 Å². The summed E-state index contributed by atoms with van der Waals surface area (Å²) in [5.41, 5.74) is 1.20. The molecule has 8 nitrogen and oxygen atoms in total. The summed E-state index contributed by atoms with van der Waals surface area (Å²) in [5, 5.41) is 28.5. The predicted molar refractivity (Wildman–Crippen MR) is 141 cm³/mol. The van der Waals surface area contributed by atoms with E-state index >= 15 is 0 Å². The summed E-state index contributed by atoms with van der Waals surface area (Å²) >= 11 is 0. The minimum absolute atomic E-state index is 0.0405. The van der Waals surface area contributed by atoms with Crippen molar-refractivity contribution in [1.82, 2.24) is 19.1 Å². The fraction of sp³-hybridized carbons (Fsp3) is 0.258. The molecule has 3 atom stereocenters. The number of aliphatic hydroxyl groups is 1. The molecule has 10 heteroatoms. The highest BCUT2D eigenvalue weighted by Crippen LogP contribution is 2.43. The summed E-state index contributed by atoms with van der Waals surface area (Å²) in [4.78, 5) is 19.7. The van der Waals surface area contributed by atoms with E-state index in [4.69, 9.17) is 10.5 Å². The lowest BCUT2D eigenvalue weighted by molar-refractivity contribution is 0.0981. The van der Waals surface area contributed by atoms with Crippen molar-refractivity contribution in [3.8, 4) is 24.0 Å². The molecule has 2 aliphatic heterocycles. The number of imidazole rings is 2. The van der Waals surface area contributed by atoms with Crippen molar-refractivity contribution in [2.24, 2.45) is 5.92 Å². The van der Waals surface area contributed by atoms with Gasteiger partial charge in [-0.05, 0) is 37.1 Å². The zero-order chi connectivity index (χ0) is 28.7. The normalized spacial score (nSPS) is 21.9. The highest BCUT2D eigenvalue weighted by atomic mass is 19.1. The molecule has 1 saturated carbocycles. The maximum Gasteiger partial charge on any atom is 0.183 e. The third-order valence-electron chi connectivity index (χ3n) is 7.62. The van der Waals surface area contributed by atoms with Crippen LogP contribution in [-0.2, 0) is 5.60 Å². The first-order chi connectivity index (χ1) is 19.8. The van der Waals surface area contributed by atoms with E-state index in [1.54, 1.807) is 45.9 Å². The van der Waals surface area contributed by atoms with Gasteiger partial charge in [-0.2, -0.15) is 10.5 Å². The zero-order valence-electron chi connectivity index (χ0n) is 21.6. The fourth-order valence-electron chi connectivity index (χ4n) is 5.32. The van der Waals surface area contributed by atoms with Crippen LogP contribution in [0.25, 0.3) is 0 Å². The monoisotopic (exact) mass is 548 g/mol. The molecule has 41 heavy (non-hydrogen) atoms. The molecule has 1 aliphatic carbocycles. The maximum atomic E-state index is 14.4. The summed E-state index contributed by atoms with van der Waals surface area (Å²) < 4.78 is 31.7. The average molecular weight is 549 g/mol. The number of halogens is 2. The van der Waals surface area contributed by atoms with Crippen LogP contribution in [0.2, 0.25) is 0 Å². The van der Waals surface area contributed by atoms with E-state index in [9.17, 15) is 18.7 Å². The van der Waals surface area contributed by atoms with Crippen LogP contribution in [0.3, 0.4) is 0 Å². The molecule has 202 valence electrons. The van der Waals surface area contributed by atoms with E-state index < -0.39 is 17.2 Å². The summed E-state index contributed by atoms with van der Waals surface area (Å²) in [5.74, 6) is 5.49. The van der Waals surface area contributed by atoms with Gasteiger partial charge in [-0.3, -0.25) is 4.79 Å². The van der Waals surface area contributed by atoms with Crippen LogP contribution in [0.15, 0.2) is 61.4 Å². The first-order valence-electron chi connectivity index (χ1n) is 13.0. The Morgan fingerprint density at radius 2 is 1.51 bits per heavy atom. The van der Waals surface area contributed by atoms with Gasteiger partial charge >= 0.3 is 0 Å². The summed E-state index contributed by atoms with van der Waals surface area (Å²) in [7, 11) is 0. The highest BCUT2D eigenvalue weighted by molar-refractivity contribution is 5.97. The van der Waals surface area contributed by atoms with Crippen LogP contribution in [0.4, 0.5) is 8.78 Å². The van der Waals surface area contributed by atoms with Gasteiger partial charge in [0.05, 0.1) is 66.1 Å². The number of carbonyl (C=O) groups is 1. The Bertz CT molecular complexity index is 1830. The van der Waals surface area contributed by atoms with Gasteiger partial charge < -0.3 is 14.2 Å². The summed E-state index contributed by atoms with van der Waals surface area (Å²) in [6.45, 7) is 0. The molecule has 0 saturated heterocycles. The minimum Gasteiger partial charge on any atom is -0.372 e. The van der Waals surface area contributed by atoms with Crippen molar-refractivity contribution >= 4 is 5.78 Å². The fourth-order valence-corrected chi connectivity index (χ4v) is 5.32. The lowest BCUT2D eigenvalue weighted by atomic mass is 9.93. The lowest BCUT2D eigenvalue weighted by Gasteiger charge is -2.16. The van der Waals surface area contributed by atoms with Crippen molar-refractivity contribution in [2.45, 2.75) is 43.4 Å². The van der Waals surface area contributed by atoms with Gasteiger partial charge in [0, 0.05) is 29.9 Å². The number of benzene rings is 2. The van der Waals surface area contributed by atoms with Crippen LogP contribution in [0.5, 0.6) is 0 Å². The molecule has 7 rings (SSSR count). The molecule has 0 spiro atoms. The van der Waals surface area contributed by atoms with Crippen molar-refractivity contribution < 1.29 is 18.7 Å². The van der Waals surface area contributed by atoms with Crippen molar-refractivity contribution in [1.29, 1.82) is 10.5 Å². The molecule has 0 amide bonds. The molecular weight excluding hydrogens is 526 g/mol. The van der Waals surface area contributed by atoms with Gasteiger partial charge in [-0.15, -0.1) is 0 Å². The first-order valence-corrected chi connectivity index (χ1v) is 13.0. The Labute approximate surface area is 234 Å². The summed E-state index contributed by atoms with van der Waals surface area (Å²) in [6.07, 6.45) is 8.88. The van der Waals surface area contributed by atoms with Crippen molar-refractivity contribution in [2.75, 3.05) is 0 Å². The number of fused-ring (bicyclic) bond motifs is 2. The Kier molecular flexibility index (Phi) is 6.46. The number of aromatic nitrogens is 4. The smallest absolute Gasteiger partial charge is 0.183 e. The zero-order valence-corrected chi connectivity index (χ0v) is 21.6. The molecule has 1 N–H and O–H groups in total. The Morgan fingerprint density at radius 1 is 0.902 bits per heavy atom. The lowest BCUT2D eigenvalue weighted by Crippen LogP contribution is -2.20. The minimum atomic E-state index is -1.30. The number of nitrogens with zero attached hydrogens (tertiary/aromatic N) is 6. The largest absolute Gasteiger partial charge is 0.372 e. The number of Topliss-reactive ketones (excluding diaryl/α,β-unsaturated/α-hetero) is 1. The number of ketones is 1. The first kappa shape index (κ1) is 26.1. The second-order valence-electron chi connectivity index (χ2n) is 10.3. The number of hydrogen-bond acceptors (Lipinski definition) is 6. The SMILES string of the molecule is N#Cc1ccc([C@H]2CC(=O)c3cncn32)c(F)c1.N#Cc1ccc([C@H]2C[C@](O)(C#CC3CC3)c3cncn32)c(F)c1. The van der Waals surface area contributed by atoms with Gasteiger partial charge in [0.15, 0.2) is 11.4 Å². The molecule has 4 aromatic rings. The predicted octanol–water partition coefficient (Wildman–Crippen LogP) is 4.56. The molecule has 1 fully saturated rings. The van der Waals surface area contributed by atoms with Crippen LogP contribution < -0.4 is 0 Å². The van der Waals surface area contributed by atoms with Gasteiger partial charge in [0.25, 0.3) is 0 Å². The van der Waals surface area contributed by atoms with E-state index in [1.807, 2.05) is 12.1 Å². The van der Waals surface area contributed by atoms with E-state index in [-0.39, 0.29) is 41.8 Å². The quantitative estimate of drug-likeness (QED) is 0.367. The third kappa shape index (κ3) is 4.78. The number of carbonyl (C=O) groups excluding carboxylic acids is 1. The Hall–Kier alpha value is -5.11. The molecule has 4 heterocycles. The van der Waals surface area contributed by atoms with Gasteiger partial charge in [-0.1, -0.05) is 24.0 Å². The van der Waals surface area contributed by atoms with Crippen LogP contribution >= 0.6 is 0 Å². The van der Waals surface area contributed by atoms with E-state index in [0.29, 0.717) is 28.4 Å². The molecule has 0 bridgehead atoms. The topological polar surface area (TPSA) is 121 Å². The summed E-state index contributed by atoms with van der Waals surface area (Å²) in [6, 6.07) is 11.8. The maximum absolute atomic E-state index is 14.4. The van der Waals surface area contributed by atoms with Crippen LogP contribution in [0.1, 0.15) is 76.2 Å². The molecule has 2 aromatic carbocycles. The third-order valence-corrected chi connectivity index (χ3v) is 7.62.